The van der Waals surface area contributed by atoms with E-state index in [2.05, 4.69) is 10.4 Å². The summed E-state index contributed by atoms with van der Waals surface area (Å²) in [5.41, 5.74) is 1.34. The van der Waals surface area contributed by atoms with E-state index in [1.54, 1.807) is 11.2 Å². The predicted octanol–water partition coefficient (Wildman–Crippen LogP) is 1.79. The molecule has 2 heterocycles. The molecule has 0 radical (unpaired) electrons. The Morgan fingerprint density at radius 3 is 2.79 bits per heavy atom. The summed E-state index contributed by atoms with van der Waals surface area (Å²) >= 11 is 0. The number of para-hydroxylation sites is 1. The molecule has 5 nitrogen and oxygen atoms in total. The molecule has 1 aromatic rings. The topological polar surface area (TPSA) is 64.9 Å². The van der Waals surface area contributed by atoms with Gasteiger partial charge in [0.1, 0.15) is 11.9 Å². The molecule has 0 bridgehead atoms. The van der Waals surface area contributed by atoms with Crippen molar-refractivity contribution in [3.63, 3.8) is 0 Å². The first-order chi connectivity index (χ1) is 9.22. The summed E-state index contributed by atoms with van der Waals surface area (Å²) in [4.78, 5) is 11.9. The highest BCUT2D eigenvalue weighted by Crippen LogP contribution is 2.31. The van der Waals surface area contributed by atoms with Crippen LogP contribution in [0.1, 0.15) is 13.3 Å². The fourth-order valence-electron chi connectivity index (χ4n) is 2.51. The van der Waals surface area contributed by atoms with Gasteiger partial charge in [0.05, 0.1) is 17.2 Å². The lowest BCUT2D eigenvalue weighted by Gasteiger charge is -2.32. The van der Waals surface area contributed by atoms with Crippen molar-refractivity contribution in [1.82, 2.24) is 5.32 Å². The van der Waals surface area contributed by atoms with Gasteiger partial charge in [-0.05, 0) is 18.6 Å². The Labute approximate surface area is 111 Å². The number of rotatable bonds is 2. The monoisotopic (exact) mass is 257 g/mol. The van der Waals surface area contributed by atoms with E-state index in [-0.39, 0.29) is 23.8 Å². The molecule has 2 aliphatic heterocycles. The summed E-state index contributed by atoms with van der Waals surface area (Å²) < 4.78 is 0. The zero-order valence-corrected chi connectivity index (χ0v) is 10.6. The minimum absolute atomic E-state index is 0.137. The second-order valence-electron chi connectivity index (χ2n) is 4.61. The van der Waals surface area contributed by atoms with Crippen molar-refractivity contribution >= 4 is 17.8 Å². The van der Waals surface area contributed by atoms with Crippen LogP contribution in [-0.4, -0.2) is 23.4 Å². The highest BCUT2D eigenvalue weighted by molar-refractivity contribution is 5.97. The standard InChI is InChI=1S/C14H15N3O2/c1-2-10-12(18)11-8-15-17(13(11)16-14(10)19)9-6-4-3-5-7-9/h3-8,11,13,18H,2H2,1H3,(H,16,19). The number of aliphatic hydroxyl groups is 1. The maximum Gasteiger partial charge on any atom is 0.252 e. The number of aliphatic hydroxyl groups excluding tert-OH is 1. The van der Waals surface area contributed by atoms with Gasteiger partial charge in [0.2, 0.25) is 0 Å². The molecule has 2 unspecified atom stereocenters. The van der Waals surface area contributed by atoms with Crippen LogP contribution in [0.3, 0.4) is 0 Å². The van der Waals surface area contributed by atoms with Crippen LogP contribution in [0.5, 0.6) is 0 Å². The number of hydrogen-bond acceptors (Lipinski definition) is 4. The first-order valence-corrected chi connectivity index (χ1v) is 6.33. The molecular weight excluding hydrogens is 242 g/mol. The van der Waals surface area contributed by atoms with Gasteiger partial charge in [-0.25, -0.2) is 5.01 Å². The average Bonchev–Trinajstić information content (AvgIpc) is 2.84. The van der Waals surface area contributed by atoms with Crippen molar-refractivity contribution in [2.45, 2.75) is 19.5 Å². The fraction of sp³-hybridized carbons (Fsp3) is 0.286. The predicted molar refractivity (Wildman–Crippen MR) is 72.8 cm³/mol. The van der Waals surface area contributed by atoms with Crippen molar-refractivity contribution in [2.24, 2.45) is 11.0 Å². The number of benzene rings is 1. The normalized spacial score (nSPS) is 25.5. The lowest BCUT2D eigenvalue weighted by atomic mass is 9.95. The van der Waals surface area contributed by atoms with E-state index >= 15 is 0 Å². The number of nitrogens with one attached hydrogen (secondary N) is 1. The van der Waals surface area contributed by atoms with Gasteiger partial charge in [-0.2, -0.15) is 5.10 Å². The molecule has 98 valence electrons. The molecule has 0 spiro atoms. The largest absolute Gasteiger partial charge is 0.511 e. The molecule has 2 atom stereocenters. The number of hydrogen-bond donors (Lipinski definition) is 2. The Hall–Kier alpha value is -2.30. The third-order valence-electron chi connectivity index (χ3n) is 3.51. The minimum Gasteiger partial charge on any atom is -0.511 e. The highest BCUT2D eigenvalue weighted by Gasteiger charge is 2.41. The van der Waals surface area contributed by atoms with Crippen LogP contribution in [0, 0.1) is 5.92 Å². The van der Waals surface area contributed by atoms with E-state index in [9.17, 15) is 9.90 Å². The van der Waals surface area contributed by atoms with E-state index in [1.165, 1.54) is 0 Å². The number of carbonyl (C=O) groups excluding carboxylic acids is 1. The van der Waals surface area contributed by atoms with Gasteiger partial charge in [0.15, 0.2) is 0 Å². The quantitative estimate of drug-likeness (QED) is 0.849. The van der Waals surface area contributed by atoms with Gasteiger partial charge in [-0.15, -0.1) is 0 Å². The molecule has 1 aromatic carbocycles. The van der Waals surface area contributed by atoms with Crippen LogP contribution >= 0.6 is 0 Å². The number of hydrazone groups is 1. The van der Waals surface area contributed by atoms with Crippen LogP contribution in [-0.2, 0) is 4.79 Å². The van der Waals surface area contributed by atoms with Crippen LogP contribution in [0.2, 0.25) is 0 Å². The SMILES string of the molecule is CCC1=C(O)C2C=NN(c3ccccc3)C2NC1=O. The molecule has 3 rings (SSSR count). The molecule has 0 saturated heterocycles. The zero-order chi connectivity index (χ0) is 13.4. The summed E-state index contributed by atoms with van der Waals surface area (Å²) in [6.45, 7) is 1.85. The molecular formula is C14H15N3O2. The third-order valence-corrected chi connectivity index (χ3v) is 3.51. The van der Waals surface area contributed by atoms with Crippen LogP contribution < -0.4 is 10.3 Å². The molecule has 2 N–H and O–H groups in total. The Kier molecular flexibility index (Phi) is 2.74. The van der Waals surface area contributed by atoms with E-state index in [1.807, 2.05) is 37.3 Å². The second-order valence-corrected chi connectivity index (χ2v) is 4.61. The van der Waals surface area contributed by atoms with Crippen molar-refractivity contribution in [3.05, 3.63) is 41.7 Å². The molecule has 0 fully saturated rings. The van der Waals surface area contributed by atoms with Gasteiger partial charge < -0.3 is 10.4 Å². The van der Waals surface area contributed by atoms with Crippen molar-refractivity contribution in [1.29, 1.82) is 0 Å². The molecule has 5 heteroatoms. The first-order valence-electron chi connectivity index (χ1n) is 6.33. The summed E-state index contributed by atoms with van der Waals surface area (Å²) in [6, 6.07) is 9.59. The first kappa shape index (κ1) is 11.8. The maximum absolute atomic E-state index is 11.9. The van der Waals surface area contributed by atoms with Crippen LogP contribution in [0.25, 0.3) is 0 Å². The average molecular weight is 257 g/mol. The third kappa shape index (κ3) is 1.78. The summed E-state index contributed by atoms with van der Waals surface area (Å²) in [7, 11) is 0. The number of amides is 1. The van der Waals surface area contributed by atoms with Gasteiger partial charge in [0.25, 0.3) is 5.91 Å². The van der Waals surface area contributed by atoms with E-state index in [0.717, 1.165) is 5.69 Å². The zero-order valence-electron chi connectivity index (χ0n) is 10.6. The molecule has 19 heavy (non-hydrogen) atoms. The highest BCUT2D eigenvalue weighted by atomic mass is 16.3. The maximum atomic E-state index is 11.9. The van der Waals surface area contributed by atoms with Gasteiger partial charge >= 0.3 is 0 Å². The lowest BCUT2D eigenvalue weighted by molar-refractivity contribution is -0.119. The van der Waals surface area contributed by atoms with Crippen LogP contribution in [0.4, 0.5) is 5.69 Å². The Morgan fingerprint density at radius 1 is 1.37 bits per heavy atom. The molecule has 0 saturated carbocycles. The van der Waals surface area contributed by atoms with E-state index < -0.39 is 0 Å². The Morgan fingerprint density at radius 2 is 2.11 bits per heavy atom. The molecule has 0 aliphatic carbocycles. The van der Waals surface area contributed by atoms with Gasteiger partial charge in [0, 0.05) is 6.21 Å². The number of anilines is 1. The lowest BCUT2D eigenvalue weighted by Crippen LogP contribution is -2.52. The number of carbonyl (C=O) groups is 1. The summed E-state index contributed by atoms with van der Waals surface area (Å²) in [5.74, 6) is -0.348. The second kappa shape index (κ2) is 4.42. The van der Waals surface area contributed by atoms with Crippen molar-refractivity contribution in [2.75, 3.05) is 5.01 Å². The Bertz CT molecular complexity index is 565. The minimum atomic E-state index is -0.342. The fourth-order valence-corrected chi connectivity index (χ4v) is 2.51. The number of nitrogens with zero attached hydrogens (tertiary/aromatic N) is 2. The molecule has 2 aliphatic rings. The molecule has 0 aromatic heterocycles. The van der Waals surface area contributed by atoms with Crippen molar-refractivity contribution < 1.29 is 9.90 Å². The van der Waals surface area contributed by atoms with E-state index in [4.69, 9.17) is 0 Å². The molecule has 1 amide bonds. The summed E-state index contributed by atoms with van der Waals surface area (Å²) in [5, 5.41) is 19.1. The van der Waals surface area contributed by atoms with Crippen LogP contribution in [0.15, 0.2) is 46.8 Å². The van der Waals surface area contributed by atoms with Crippen molar-refractivity contribution in [3.8, 4) is 0 Å². The Balaban J connectivity index is 1.95. The smallest absolute Gasteiger partial charge is 0.252 e. The summed E-state index contributed by atoms with van der Waals surface area (Å²) in [6.07, 6.45) is 1.85. The number of fused-ring (bicyclic) bond motifs is 1. The van der Waals surface area contributed by atoms with Gasteiger partial charge in [-0.1, -0.05) is 25.1 Å². The van der Waals surface area contributed by atoms with E-state index in [0.29, 0.717) is 12.0 Å². The van der Waals surface area contributed by atoms with Gasteiger partial charge in [-0.3, -0.25) is 4.79 Å².